The molecule has 7 heteroatoms. The van der Waals surface area contributed by atoms with Crippen molar-refractivity contribution in [1.82, 2.24) is 0 Å². The second-order valence-corrected chi connectivity index (χ2v) is 5.46. The number of nitrogens with zero attached hydrogens (tertiary/aromatic N) is 1. The molecule has 7 nitrogen and oxygen atoms in total. The smallest absolute Gasteiger partial charge is 0.330 e. The summed E-state index contributed by atoms with van der Waals surface area (Å²) in [6.45, 7) is 1.35. The molecule has 2 rings (SSSR count). The summed E-state index contributed by atoms with van der Waals surface area (Å²) >= 11 is 0. The summed E-state index contributed by atoms with van der Waals surface area (Å²) in [5.41, 5.74) is 2.01. The molecule has 0 fully saturated rings. The number of carbonyl (C=O) groups excluding carboxylic acids is 1. The lowest BCUT2D eigenvalue weighted by atomic mass is 10.1. The summed E-state index contributed by atoms with van der Waals surface area (Å²) in [7, 11) is 1.27. The van der Waals surface area contributed by atoms with E-state index in [1.807, 2.05) is 30.3 Å². The van der Waals surface area contributed by atoms with E-state index in [-0.39, 0.29) is 5.69 Å². The average molecular weight is 355 g/mol. The fraction of sp³-hybridized carbons (Fsp3) is 0.211. The summed E-state index contributed by atoms with van der Waals surface area (Å²) in [6, 6.07) is 14.6. The number of esters is 1. The van der Waals surface area contributed by atoms with Gasteiger partial charge in [-0.15, -0.1) is 0 Å². The Balaban J connectivity index is 1.90. The molecule has 26 heavy (non-hydrogen) atoms. The van der Waals surface area contributed by atoms with E-state index in [0.29, 0.717) is 17.8 Å². The predicted octanol–water partition coefficient (Wildman–Crippen LogP) is 3.70. The van der Waals surface area contributed by atoms with E-state index in [4.69, 9.17) is 0 Å². The highest BCUT2D eigenvalue weighted by molar-refractivity contribution is 5.87. The first-order chi connectivity index (χ1) is 12.6. The number of nitro groups is 1. The quantitative estimate of drug-likeness (QED) is 0.234. The highest BCUT2D eigenvalue weighted by atomic mass is 16.6. The van der Waals surface area contributed by atoms with Crippen molar-refractivity contribution in [2.24, 2.45) is 0 Å². The van der Waals surface area contributed by atoms with Crippen LogP contribution in [0.3, 0.4) is 0 Å². The number of carbonyl (C=O) groups is 1. The summed E-state index contributed by atoms with van der Waals surface area (Å²) in [6.07, 6.45) is 3.50. The maximum atomic E-state index is 11.3. The third-order valence-electron chi connectivity index (χ3n) is 3.60. The molecule has 0 aliphatic rings. The van der Waals surface area contributed by atoms with Crippen molar-refractivity contribution < 1.29 is 14.5 Å². The highest BCUT2D eigenvalue weighted by Crippen LogP contribution is 2.26. The molecule has 0 spiro atoms. The second kappa shape index (κ2) is 9.83. The molecule has 0 aliphatic carbocycles. The number of nitro benzene ring substituents is 1. The van der Waals surface area contributed by atoms with Gasteiger partial charge < -0.3 is 15.4 Å². The van der Waals surface area contributed by atoms with Crippen LogP contribution < -0.4 is 10.6 Å². The number of anilines is 2. The maximum Gasteiger partial charge on any atom is 0.330 e. The van der Waals surface area contributed by atoms with Crippen LogP contribution in [0.2, 0.25) is 0 Å². The number of hydrogen-bond donors (Lipinski definition) is 2. The summed E-state index contributed by atoms with van der Waals surface area (Å²) in [5, 5.41) is 17.6. The minimum Gasteiger partial charge on any atom is -0.466 e. The first-order valence-corrected chi connectivity index (χ1v) is 8.17. The normalized spacial score (nSPS) is 10.5. The number of nitrogens with one attached hydrogen (secondary N) is 2. The number of ether oxygens (including phenoxy) is 1. The molecule has 0 bridgehead atoms. The first-order valence-electron chi connectivity index (χ1n) is 8.17. The largest absolute Gasteiger partial charge is 0.466 e. The van der Waals surface area contributed by atoms with Crippen molar-refractivity contribution in [1.29, 1.82) is 0 Å². The monoisotopic (exact) mass is 355 g/mol. The molecule has 0 amide bonds. The van der Waals surface area contributed by atoms with Crippen LogP contribution in [0.1, 0.15) is 12.0 Å². The minimum absolute atomic E-state index is 0.0342. The van der Waals surface area contributed by atoms with Crippen LogP contribution in [0, 0.1) is 10.1 Å². The number of rotatable bonds is 9. The Morgan fingerprint density at radius 1 is 1.15 bits per heavy atom. The van der Waals surface area contributed by atoms with E-state index in [2.05, 4.69) is 15.4 Å². The van der Waals surface area contributed by atoms with E-state index in [9.17, 15) is 14.9 Å². The van der Waals surface area contributed by atoms with Crippen LogP contribution in [-0.4, -0.2) is 31.1 Å². The molecule has 0 saturated carbocycles. The molecule has 0 aliphatic heterocycles. The highest BCUT2D eigenvalue weighted by Gasteiger charge is 2.13. The van der Waals surface area contributed by atoms with E-state index in [1.165, 1.54) is 25.3 Å². The van der Waals surface area contributed by atoms with Gasteiger partial charge in [-0.25, -0.2) is 4.79 Å². The summed E-state index contributed by atoms with van der Waals surface area (Å²) < 4.78 is 4.50. The topological polar surface area (TPSA) is 93.5 Å². The number of benzene rings is 2. The standard InChI is InChI=1S/C19H21N3O4/c1-26-19(23)11-9-15-8-10-17(18(14-15)22(24)25)21-13-5-12-20-16-6-3-2-4-7-16/h2-4,6-11,14,20-21H,5,12-13H2,1H3/b11-9+. The fourth-order valence-corrected chi connectivity index (χ4v) is 2.29. The van der Waals surface area contributed by atoms with Crippen molar-refractivity contribution in [3.63, 3.8) is 0 Å². The zero-order valence-electron chi connectivity index (χ0n) is 14.5. The number of methoxy groups -OCH3 is 1. The second-order valence-electron chi connectivity index (χ2n) is 5.46. The molecule has 0 aromatic heterocycles. The molecule has 0 saturated heterocycles. The third kappa shape index (κ3) is 5.94. The Labute approximate surface area is 151 Å². The molecule has 0 heterocycles. The molecule has 136 valence electrons. The van der Waals surface area contributed by atoms with Gasteiger partial charge in [0, 0.05) is 30.9 Å². The van der Waals surface area contributed by atoms with Crippen molar-refractivity contribution >= 4 is 29.1 Å². The summed E-state index contributed by atoms with van der Waals surface area (Å²) in [4.78, 5) is 22.0. The van der Waals surface area contributed by atoms with Crippen LogP contribution in [0.4, 0.5) is 17.1 Å². The summed E-state index contributed by atoms with van der Waals surface area (Å²) in [5.74, 6) is -0.513. The Bertz CT molecular complexity index is 776. The van der Waals surface area contributed by atoms with Crippen LogP contribution >= 0.6 is 0 Å². The average Bonchev–Trinajstić information content (AvgIpc) is 2.67. The van der Waals surface area contributed by atoms with Crippen molar-refractivity contribution in [3.8, 4) is 0 Å². The zero-order chi connectivity index (χ0) is 18.8. The third-order valence-corrected chi connectivity index (χ3v) is 3.60. The Kier molecular flexibility index (Phi) is 7.17. The predicted molar refractivity (Wildman–Crippen MR) is 102 cm³/mol. The van der Waals surface area contributed by atoms with Gasteiger partial charge in [0.1, 0.15) is 5.69 Å². The van der Waals surface area contributed by atoms with Gasteiger partial charge in [-0.1, -0.05) is 24.3 Å². The number of hydrogen-bond acceptors (Lipinski definition) is 6. The Morgan fingerprint density at radius 2 is 1.88 bits per heavy atom. The first kappa shape index (κ1) is 19.0. The van der Waals surface area contributed by atoms with Crippen molar-refractivity contribution in [2.45, 2.75) is 6.42 Å². The SMILES string of the molecule is COC(=O)/C=C/c1ccc(NCCCNc2ccccc2)c([N+](=O)[O-])c1. The lowest BCUT2D eigenvalue weighted by Crippen LogP contribution is -2.10. The molecular formula is C19H21N3O4. The van der Waals surface area contributed by atoms with Crippen LogP contribution in [0.5, 0.6) is 0 Å². The van der Waals surface area contributed by atoms with Gasteiger partial charge in [0.05, 0.1) is 12.0 Å². The zero-order valence-corrected chi connectivity index (χ0v) is 14.5. The van der Waals surface area contributed by atoms with Gasteiger partial charge in [-0.3, -0.25) is 10.1 Å². The van der Waals surface area contributed by atoms with Gasteiger partial charge >= 0.3 is 5.97 Å². The van der Waals surface area contributed by atoms with Gasteiger partial charge in [0.25, 0.3) is 5.69 Å². The van der Waals surface area contributed by atoms with Crippen LogP contribution in [0.25, 0.3) is 6.08 Å². The number of para-hydroxylation sites is 1. The van der Waals surface area contributed by atoms with Crippen molar-refractivity contribution in [2.75, 3.05) is 30.8 Å². The van der Waals surface area contributed by atoms with Gasteiger partial charge in [0.15, 0.2) is 0 Å². The lowest BCUT2D eigenvalue weighted by Gasteiger charge is -2.09. The van der Waals surface area contributed by atoms with Gasteiger partial charge in [-0.05, 0) is 36.3 Å². The lowest BCUT2D eigenvalue weighted by molar-refractivity contribution is -0.384. The maximum absolute atomic E-state index is 11.3. The Hall–Kier alpha value is -3.35. The molecule has 2 aromatic carbocycles. The molecule has 0 radical (unpaired) electrons. The van der Waals surface area contributed by atoms with Gasteiger partial charge in [-0.2, -0.15) is 0 Å². The van der Waals surface area contributed by atoms with Crippen LogP contribution in [0.15, 0.2) is 54.6 Å². The fourth-order valence-electron chi connectivity index (χ4n) is 2.29. The molecule has 0 unspecified atom stereocenters. The molecule has 0 atom stereocenters. The van der Waals surface area contributed by atoms with Crippen LogP contribution in [-0.2, 0) is 9.53 Å². The molecular weight excluding hydrogens is 334 g/mol. The van der Waals surface area contributed by atoms with E-state index in [0.717, 1.165) is 18.7 Å². The van der Waals surface area contributed by atoms with E-state index < -0.39 is 10.9 Å². The molecule has 2 aromatic rings. The molecule has 2 N–H and O–H groups in total. The minimum atomic E-state index is -0.513. The van der Waals surface area contributed by atoms with E-state index >= 15 is 0 Å². The van der Waals surface area contributed by atoms with Gasteiger partial charge in [0.2, 0.25) is 0 Å². The van der Waals surface area contributed by atoms with Crippen molar-refractivity contribution in [3.05, 3.63) is 70.3 Å². The Morgan fingerprint density at radius 3 is 2.58 bits per heavy atom. The van der Waals surface area contributed by atoms with E-state index in [1.54, 1.807) is 12.1 Å².